The molecule has 0 aliphatic rings. The molecule has 27 heavy (non-hydrogen) atoms. The molecule has 0 spiro atoms. The van der Waals surface area contributed by atoms with Crippen molar-refractivity contribution >= 4 is 23.1 Å². The Hall–Kier alpha value is -0.256. The third-order valence-electron chi connectivity index (χ3n) is 4.99. The van der Waals surface area contributed by atoms with Crippen LogP contribution in [0, 0.1) is 0 Å². The highest BCUT2D eigenvalue weighted by Crippen LogP contribution is 2.36. The SMILES string of the molecule is CCO[Si](CCCN(C)CCC(=O)O[Si](C)(C)C(C)(C)C)(OCC)OCC. The fourth-order valence-corrected chi connectivity index (χ4v) is 6.02. The van der Waals surface area contributed by atoms with E-state index in [1.54, 1.807) is 0 Å². The minimum atomic E-state index is -2.57. The van der Waals surface area contributed by atoms with Crippen LogP contribution in [-0.4, -0.2) is 67.9 Å². The maximum atomic E-state index is 12.2. The van der Waals surface area contributed by atoms with E-state index in [0.717, 1.165) is 19.0 Å². The zero-order valence-corrected chi connectivity index (χ0v) is 21.1. The summed E-state index contributed by atoms with van der Waals surface area (Å²) < 4.78 is 23.5. The molecule has 0 rings (SSSR count). The molecule has 8 heteroatoms. The number of rotatable bonds is 14. The number of hydrogen-bond acceptors (Lipinski definition) is 6. The summed E-state index contributed by atoms with van der Waals surface area (Å²) >= 11 is 0. The molecule has 0 N–H and O–H groups in total. The second-order valence-corrected chi connectivity index (χ2v) is 15.8. The van der Waals surface area contributed by atoms with Gasteiger partial charge >= 0.3 is 8.80 Å². The van der Waals surface area contributed by atoms with Gasteiger partial charge in [0.15, 0.2) is 0 Å². The molecule has 0 aliphatic heterocycles. The van der Waals surface area contributed by atoms with Crippen molar-refractivity contribution in [3.63, 3.8) is 0 Å². The van der Waals surface area contributed by atoms with Gasteiger partial charge in [0.05, 0.1) is 6.42 Å². The third kappa shape index (κ3) is 10.2. The Morgan fingerprint density at radius 2 is 1.41 bits per heavy atom. The van der Waals surface area contributed by atoms with Crippen LogP contribution in [0.1, 0.15) is 54.4 Å². The Morgan fingerprint density at radius 1 is 0.926 bits per heavy atom. The first kappa shape index (κ1) is 26.7. The Balaban J connectivity index is 4.38. The van der Waals surface area contributed by atoms with Crippen molar-refractivity contribution in [3.05, 3.63) is 0 Å². The van der Waals surface area contributed by atoms with Gasteiger partial charge in [-0.1, -0.05) is 20.8 Å². The first-order chi connectivity index (χ1) is 12.4. The molecular formula is C19H43NO5Si2. The van der Waals surface area contributed by atoms with Gasteiger partial charge in [-0.25, -0.2) is 0 Å². The van der Waals surface area contributed by atoms with Gasteiger partial charge in [-0.3, -0.25) is 4.79 Å². The molecule has 0 unspecified atom stereocenters. The summed E-state index contributed by atoms with van der Waals surface area (Å²) in [6, 6.07) is 0.793. The van der Waals surface area contributed by atoms with Crippen LogP contribution in [0.5, 0.6) is 0 Å². The van der Waals surface area contributed by atoms with Crippen LogP contribution < -0.4 is 0 Å². The van der Waals surface area contributed by atoms with E-state index in [4.69, 9.17) is 17.7 Å². The summed E-state index contributed by atoms with van der Waals surface area (Å²) in [6.45, 7) is 19.9. The van der Waals surface area contributed by atoms with E-state index in [1.807, 2.05) is 27.8 Å². The van der Waals surface area contributed by atoms with Crippen LogP contribution in [0.15, 0.2) is 0 Å². The Bertz CT molecular complexity index is 410. The minimum absolute atomic E-state index is 0.0420. The molecule has 162 valence electrons. The van der Waals surface area contributed by atoms with Gasteiger partial charge in [-0.05, 0) is 58.9 Å². The topological polar surface area (TPSA) is 57.2 Å². The minimum Gasteiger partial charge on any atom is -0.519 e. The molecule has 0 aromatic rings. The average Bonchev–Trinajstić information content (AvgIpc) is 2.52. The van der Waals surface area contributed by atoms with Crippen LogP contribution in [0.3, 0.4) is 0 Å². The summed E-state index contributed by atoms with van der Waals surface area (Å²) in [5.41, 5.74) is 0. The molecule has 6 nitrogen and oxygen atoms in total. The van der Waals surface area contributed by atoms with Gasteiger partial charge < -0.3 is 22.6 Å². The lowest BCUT2D eigenvalue weighted by Crippen LogP contribution is -2.46. The lowest BCUT2D eigenvalue weighted by molar-refractivity contribution is -0.135. The fraction of sp³-hybridized carbons (Fsp3) is 0.947. The molecular weight excluding hydrogens is 378 g/mol. The lowest BCUT2D eigenvalue weighted by Gasteiger charge is -2.35. The molecule has 0 saturated heterocycles. The highest BCUT2D eigenvalue weighted by molar-refractivity contribution is 6.75. The smallest absolute Gasteiger partial charge is 0.500 e. The van der Waals surface area contributed by atoms with Gasteiger partial charge in [0, 0.05) is 32.4 Å². The Labute approximate surface area is 169 Å². The Kier molecular flexibility index (Phi) is 12.2. The van der Waals surface area contributed by atoms with E-state index in [2.05, 4.69) is 38.8 Å². The van der Waals surface area contributed by atoms with Gasteiger partial charge in [0.25, 0.3) is 14.3 Å². The molecule has 0 atom stereocenters. The predicted octanol–water partition coefficient (Wildman–Crippen LogP) is 4.30. The molecule has 0 bridgehead atoms. The van der Waals surface area contributed by atoms with E-state index in [-0.39, 0.29) is 11.0 Å². The van der Waals surface area contributed by atoms with Crippen molar-refractivity contribution in [2.75, 3.05) is 40.0 Å². The second-order valence-electron chi connectivity index (χ2n) is 8.37. The summed E-state index contributed by atoms with van der Waals surface area (Å²) in [7, 11) is -2.57. The summed E-state index contributed by atoms with van der Waals surface area (Å²) in [5, 5.41) is 0.0420. The second kappa shape index (κ2) is 12.3. The maximum Gasteiger partial charge on any atom is 0.500 e. The van der Waals surface area contributed by atoms with Gasteiger partial charge in [0.2, 0.25) is 0 Å². The zero-order valence-electron chi connectivity index (χ0n) is 19.1. The molecule has 0 aromatic carbocycles. The van der Waals surface area contributed by atoms with Crippen LogP contribution >= 0.6 is 0 Å². The molecule has 0 heterocycles. The van der Waals surface area contributed by atoms with Gasteiger partial charge in [-0.2, -0.15) is 0 Å². The normalized spacial score (nSPS) is 13.3. The quantitative estimate of drug-likeness (QED) is 0.390. The van der Waals surface area contributed by atoms with Crippen molar-refractivity contribution < 1.29 is 22.5 Å². The third-order valence-corrected chi connectivity index (χ3v) is 12.5. The van der Waals surface area contributed by atoms with E-state index in [9.17, 15) is 4.79 Å². The average molecular weight is 422 g/mol. The molecule has 0 amide bonds. The number of hydrogen-bond donors (Lipinski definition) is 0. The van der Waals surface area contributed by atoms with Crippen molar-refractivity contribution in [3.8, 4) is 0 Å². The van der Waals surface area contributed by atoms with Crippen molar-refractivity contribution in [1.29, 1.82) is 0 Å². The first-order valence-corrected chi connectivity index (χ1v) is 15.1. The number of carbonyl (C=O) groups excluding carboxylic acids is 1. The van der Waals surface area contributed by atoms with Crippen molar-refractivity contribution in [2.24, 2.45) is 0 Å². The van der Waals surface area contributed by atoms with E-state index in [0.29, 0.717) is 32.8 Å². The summed E-state index contributed by atoms with van der Waals surface area (Å²) in [6.07, 6.45) is 1.34. The first-order valence-electron chi connectivity index (χ1n) is 10.2. The maximum absolute atomic E-state index is 12.2. The van der Waals surface area contributed by atoms with Crippen molar-refractivity contribution in [2.45, 2.75) is 78.6 Å². The van der Waals surface area contributed by atoms with Crippen LogP contribution in [0.2, 0.25) is 24.2 Å². The molecule has 0 aliphatic carbocycles. The van der Waals surface area contributed by atoms with E-state index < -0.39 is 17.1 Å². The molecule has 0 aromatic heterocycles. The van der Waals surface area contributed by atoms with E-state index in [1.165, 1.54) is 0 Å². The van der Waals surface area contributed by atoms with E-state index >= 15 is 0 Å². The van der Waals surface area contributed by atoms with Crippen LogP contribution in [-0.2, 0) is 22.5 Å². The standard InChI is InChI=1S/C19H43NO5Si2/c1-10-22-27(23-11-2,24-12-3)17-13-15-20(7)16-14-18(21)25-26(8,9)19(4,5)6/h10-17H2,1-9H3. The molecule has 0 radical (unpaired) electrons. The Morgan fingerprint density at radius 3 is 1.81 bits per heavy atom. The molecule has 0 saturated carbocycles. The largest absolute Gasteiger partial charge is 0.519 e. The zero-order chi connectivity index (χ0) is 21.1. The number of carbonyl (C=O) groups is 1. The fourth-order valence-electron chi connectivity index (χ4n) is 2.45. The van der Waals surface area contributed by atoms with Crippen LogP contribution in [0.4, 0.5) is 0 Å². The highest BCUT2D eigenvalue weighted by atomic mass is 28.4. The van der Waals surface area contributed by atoms with Gasteiger partial charge in [0.1, 0.15) is 0 Å². The summed E-state index contributed by atoms with van der Waals surface area (Å²) in [4.78, 5) is 14.4. The van der Waals surface area contributed by atoms with Gasteiger partial charge in [-0.15, -0.1) is 0 Å². The predicted molar refractivity (Wildman–Crippen MR) is 115 cm³/mol. The van der Waals surface area contributed by atoms with Crippen molar-refractivity contribution in [1.82, 2.24) is 4.90 Å². The highest BCUT2D eigenvalue weighted by Gasteiger charge is 2.41. The number of nitrogens with zero attached hydrogens (tertiary/aromatic N) is 1. The molecule has 0 fully saturated rings. The lowest BCUT2D eigenvalue weighted by atomic mass is 10.2. The van der Waals surface area contributed by atoms with Crippen LogP contribution in [0.25, 0.3) is 0 Å². The monoisotopic (exact) mass is 421 g/mol. The summed E-state index contributed by atoms with van der Waals surface area (Å²) in [5.74, 6) is -0.0879.